The number of carboxylic acid groups (broad SMARTS) is 2. The maximum atomic E-state index is 10.5. The molecule has 0 aromatic rings. The van der Waals surface area contributed by atoms with E-state index in [2.05, 4.69) is 4.74 Å². The number of hydrogen-bond donors (Lipinski definition) is 2. The summed E-state index contributed by atoms with van der Waals surface area (Å²) in [5.74, 6) is -3.31. The molecule has 0 unspecified atom stereocenters. The van der Waals surface area contributed by atoms with Gasteiger partial charge in [-0.05, 0) is 12.8 Å². The zero-order valence-electron chi connectivity index (χ0n) is 10.3. The number of esters is 2. The van der Waals surface area contributed by atoms with Crippen LogP contribution in [0.4, 0.5) is 0 Å². The van der Waals surface area contributed by atoms with E-state index in [4.69, 9.17) is 10.2 Å². The van der Waals surface area contributed by atoms with Crippen LogP contribution in [0.15, 0.2) is 0 Å². The molecule has 0 aliphatic carbocycles. The Hall–Kier alpha value is -1.92. The van der Waals surface area contributed by atoms with Gasteiger partial charge in [0.05, 0.1) is 12.8 Å². The lowest BCUT2D eigenvalue weighted by Crippen LogP contribution is -2.38. The molecule has 7 nitrogen and oxygen atoms in total. The highest BCUT2D eigenvalue weighted by Crippen LogP contribution is 2.26. The normalized spacial score (nSPS) is 14.6. The maximum Gasteiger partial charge on any atom is 0.321 e. The monoisotopic (exact) mass is 260 g/mol. The fourth-order valence-corrected chi connectivity index (χ4v) is 1.38. The first kappa shape index (κ1) is 16.1. The Balaban J connectivity index is 0.000000351. The summed E-state index contributed by atoms with van der Waals surface area (Å²) in [7, 11) is 0. The number of cyclic esters (lactones) is 2. The van der Waals surface area contributed by atoms with Crippen LogP contribution in [0.25, 0.3) is 0 Å². The van der Waals surface area contributed by atoms with E-state index in [0.29, 0.717) is 0 Å². The highest BCUT2D eigenvalue weighted by atomic mass is 16.6. The van der Waals surface area contributed by atoms with Crippen molar-refractivity contribution in [1.82, 2.24) is 0 Å². The van der Waals surface area contributed by atoms with Crippen molar-refractivity contribution in [3.63, 3.8) is 0 Å². The standard InChI is InChI=1S/C7H12O4.C4H4O3/c1-3-7(4-2,5(8)9)6(10)11;5-3-1-2-4(6)7-3/h3-4H2,1-2H3,(H,8,9)(H,10,11);1-2H2. The summed E-state index contributed by atoms with van der Waals surface area (Å²) < 4.78 is 4.08. The Labute approximate surface area is 104 Å². The van der Waals surface area contributed by atoms with Gasteiger partial charge in [-0.1, -0.05) is 13.8 Å². The Morgan fingerprint density at radius 1 is 1.06 bits per heavy atom. The second-order valence-electron chi connectivity index (χ2n) is 3.75. The Bertz CT molecular complexity index is 324. The van der Waals surface area contributed by atoms with Gasteiger partial charge in [-0.25, -0.2) is 0 Å². The van der Waals surface area contributed by atoms with E-state index in [1.165, 1.54) is 0 Å². The number of aliphatic carboxylic acids is 2. The van der Waals surface area contributed by atoms with Crippen molar-refractivity contribution < 1.29 is 34.1 Å². The van der Waals surface area contributed by atoms with Gasteiger partial charge in [0.1, 0.15) is 0 Å². The summed E-state index contributed by atoms with van der Waals surface area (Å²) in [5.41, 5.74) is -1.58. The minimum atomic E-state index is -1.58. The lowest BCUT2D eigenvalue weighted by Gasteiger charge is -2.20. The second-order valence-corrected chi connectivity index (χ2v) is 3.75. The SMILES string of the molecule is CCC(CC)(C(=O)O)C(=O)O.O=C1CCC(=O)O1. The van der Waals surface area contributed by atoms with Gasteiger partial charge >= 0.3 is 23.9 Å². The van der Waals surface area contributed by atoms with Crippen LogP contribution in [-0.2, 0) is 23.9 Å². The Kier molecular flexibility index (Phi) is 6.01. The van der Waals surface area contributed by atoms with Gasteiger partial charge in [0.15, 0.2) is 5.41 Å². The molecule has 7 heteroatoms. The quantitative estimate of drug-likeness (QED) is 0.567. The molecule has 0 amide bonds. The van der Waals surface area contributed by atoms with E-state index < -0.39 is 29.3 Å². The topological polar surface area (TPSA) is 118 Å². The van der Waals surface area contributed by atoms with Crippen LogP contribution in [0.2, 0.25) is 0 Å². The fourth-order valence-electron chi connectivity index (χ4n) is 1.38. The molecule has 1 saturated heterocycles. The van der Waals surface area contributed by atoms with Crippen LogP contribution >= 0.6 is 0 Å². The molecule has 0 atom stereocenters. The molecule has 0 aromatic heterocycles. The third-order valence-electron chi connectivity index (χ3n) is 2.79. The van der Waals surface area contributed by atoms with Gasteiger partial charge in [-0.2, -0.15) is 0 Å². The molecule has 0 saturated carbocycles. The molecule has 1 rings (SSSR count). The molecule has 102 valence electrons. The average molecular weight is 260 g/mol. The third-order valence-corrected chi connectivity index (χ3v) is 2.79. The van der Waals surface area contributed by atoms with E-state index in [0.717, 1.165) is 0 Å². The van der Waals surface area contributed by atoms with E-state index >= 15 is 0 Å². The minimum absolute atomic E-state index is 0.119. The number of carboxylic acids is 2. The number of carbonyl (C=O) groups is 4. The van der Waals surface area contributed by atoms with Crippen molar-refractivity contribution in [3.8, 4) is 0 Å². The summed E-state index contributed by atoms with van der Waals surface area (Å²) in [4.78, 5) is 41.1. The first-order valence-electron chi connectivity index (χ1n) is 5.50. The van der Waals surface area contributed by atoms with Crippen LogP contribution in [0, 0.1) is 5.41 Å². The Morgan fingerprint density at radius 3 is 1.44 bits per heavy atom. The molecule has 0 radical (unpaired) electrons. The molecule has 1 fully saturated rings. The predicted molar refractivity (Wildman–Crippen MR) is 58.6 cm³/mol. The zero-order chi connectivity index (χ0) is 14.3. The maximum absolute atomic E-state index is 10.5. The van der Waals surface area contributed by atoms with Gasteiger partial charge in [-0.15, -0.1) is 0 Å². The van der Waals surface area contributed by atoms with Crippen molar-refractivity contribution in [3.05, 3.63) is 0 Å². The fraction of sp³-hybridized carbons (Fsp3) is 0.636. The smallest absolute Gasteiger partial charge is 0.321 e. The molecule has 18 heavy (non-hydrogen) atoms. The molecule has 2 N–H and O–H groups in total. The molecule has 0 bridgehead atoms. The minimum Gasteiger partial charge on any atom is -0.480 e. The average Bonchev–Trinajstić information content (AvgIpc) is 2.65. The van der Waals surface area contributed by atoms with Gasteiger partial charge in [0, 0.05) is 0 Å². The van der Waals surface area contributed by atoms with Crippen LogP contribution in [0.3, 0.4) is 0 Å². The zero-order valence-corrected chi connectivity index (χ0v) is 10.3. The molecule has 0 aromatic carbocycles. The lowest BCUT2D eigenvalue weighted by molar-refractivity contribution is -0.165. The number of rotatable bonds is 4. The highest BCUT2D eigenvalue weighted by molar-refractivity contribution is 5.98. The van der Waals surface area contributed by atoms with Crippen molar-refractivity contribution in [2.24, 2.45) is 5.41 Å². The molecular weight excluding hydrogens is 244 g/mol. The highest BCUT2D eigenvalue weighted by Gasteiger charge is 2.42. The van der Waals surface area contributed by atoms with Gasteiger partial charge in [0.25, 0.3) is 0 Å². The van der Waals surface area contributed by atoms with E-state index in [9.17, 15) is 19.2 Å². The van der Waals surface area contributed by atoms with E-state index in [1.54, 1.807) is 13.8 Å². The number of hydrogen-bond acceptors (Lipinski definition) is 5. The molecular formula is C11H16O7. The molecule has 1 aliphatic rings. The van der Waals surface area contributed by atoms with Gasteiger partial charge < -0.3 is 14.9 Å². The number of carbonyl (C=O) groups excluding carboxylic acids is 2. The molecule has 1 aliphatic heterocycles. The first-order valence-corrected chi connectivity index (χ1v) is 5.50. The first-order chi connectivity index (χ1) is 8.30. The van der Waals surface area contributed by atoms with Crippen molar-refractivity contribution in [1.29, 1.82) is 0 Å². The van der Waals surface area contributed by atoms with Crippen LogP contribution in [0.5, 0.6) is 0 Å². The number of ether oxygens (including phenoxy) is 1. The van der Waals surface area contributed by atoms with Crippen LogP contribution in [-0.4, -0.2) is 34.1 Å². The molecule has 1 heterocycles. The van der Waals surface area contributed by atoms with Crippen molar-refractivity contribution >= 4 is 23.9 Å². The molecule has 0 spiro atoms. The predicted octanol–water partition coefficient (Wildman–Crippen LogP) is 0.812. The summed E-state index contributed by atoms with van der Waals surface area (Å²) in [5, 5.41) is 17.2. The summed E-state index contributed by atoms with van der Waals surface area (Å²) in [6, 6.07) is 0. The van der Waals surface area contributed by atoms with Crippen LogP contribution < -0.4 is 0 Å². The van der Waals surface area contributed by atoms with Crippen LogP contribution in [0.1, 0.15) is 39.5 Å². The summed E-state index contributed by atoms with van der Waals surface area (Å²) in [6.07, 6.45) is 0.764. The summed E-state index contributed by atoms with van der Waals surface area (Å²) >= 11 is 0. The third kappa shape index (κ3) is 3.83. The van der Waals surface area contributed by atoms with E-state index in [1.807, 2.05) is 0 Å². The van der Waals surface area contributed by atoms with Crippen molar-refractivity contribution in [2.75, 3.05) is 0 Å². The lowest BCUT2D eigenvalue weighted by atomic mass is 9.83. The second kappa shape index (κ2) is 6.73. The van der Waals surface area contributed by atoms with Gasteiger partial charge in [-0.3, -0.25) is 19.2 Å². The summed E-state index contributed by atoms with van der Waals surface area (Å²) in [6.45, 7) is 3.12. The Morgan fingerprint density at radius 2 is 1.39 bits per heavy atom. The van der Waals surface area contributed by atoms with Crippen molar-refractivity contribution in [2.45, 2.75) is 39.5 Å². The largest absolute Gasteiger partial charge is 0.480 e. The van der Waals surface area contributed by atoms with Gasteiger partial charge in [0.2, 0.25) is 0 Å². The van der Waals surface area contributed by atoms with E-state index in [-0.39, 0.29) is 25.7 Å².